The van der Waals surface area contributed by atoms with Crippen LogP contribution in [0.2, 0.25) is 0 Å². The number of nitrogens with one attached hydrogen (secondary N) is 1. The summed E-state index contributed by atoms with van der Waals surface area (Å²) in [5.74, 6) is 0.0715. The standard InChI is InChI=1S/C15H21N3O3/c1-3-15(19)16-12-5-4-8-17(10-12)14-7-6-13(18(20)21)9-11(14)2/h6-7,9,12H,3-5,8,10H2,1-2H3,(H,16,19). The predicted octanol–water partition coefficient (Wildman–Crippen LogP) is 2.40. The quantitative estimate of drug-likeness (QED) is 0.682. The maximum atomic E-state index is 11.5. The van der Waals surface area contributed by atoms with E-state index in [4.69, 9.17) is 0 Å². The van der Waals surface area contributed by atoms with Crippen molar-refractivity contribution in [2.75, 3.05) is 18.0 Å². The van der Waals surface area contributed by atoms with Gasteiger partial charge in [-0.15, -0.1) is 0 Å². The van der Waals surface area contributed by atoms with Gasteiger partial charge >= 0.3 is 0 Å². The SMILES string of the molecule is CCC(=O)NC1CCCN(c2ccc([N+](=O)[O-])cc2C)C1. The summed E-state index contributed by atoms with van der Waals surface area (Å²) in [7, 11) is 0. The molecule has 1 unspecified atom stereocenters. The summed E-state index contributed by atoms with van der Waals surface area (Å²) < 4.78 is 0. The van der Waals surface area contributed by atoms with Gasteiger partial charge in [-0.1, -0.05) is 6.92 Å². The molecule has 0 radical (unpaired) electrons. The Kier molecular flexibility index (Phi) is 4.77. The van der Waals surface area contributed by atoms with Crippen LogP contribution < -0.4 is 10.2 Å². The van der Waals surface area contributed by atoms with Gasteiger partial charge in [0.15, 0.2) is 0 Å². The number of carbonyl (C=O) groups is 1. The van der Waals surface area contributed by atoms with Crippen LogP contribution in [0.25, 0.3) is 0 Å². The van der Waals surface area contributed by atoms with Crippen LogP contribution in [-0.2, 0) is 4.79 Å². The summed E-state index contributed by atoms with van der Waals surface area (Å²) in [5, 5.41) is 13.8. The number of nitrogens with zero attached hydrogens (tertiary/aromatic N) is 2. The average molecular weight is 291 g/mol. The molecule has 1 amide bonds. The summed E-state index contributed by atoms with van der Waals surface area (Å²) in [6, 6.07) is 5.10. The molecule has 2 rings (SSSR count). The Hall–Kier alpha value is -2.11. The van der Waals surface area contributed by atoms with Gasteiger partial charge in [-0.05, 0) is 31.4 Å². The molecule has 0 bridgehead atoms. The summed E-state index contributed by atoms with van der Waals surface area (Å²) in [4.78, 5) is 24.1. The average Bonchev–Trinajstić information content (AvgIpc) is 2.47. The van der Waals surface area contributed by atoms with Crippen LogP contribution in [0.5, 0.6) is 0 Å². The molecular weight excluding hydrogens is 270 g/mol. The van der Waals surface area contributed by atoms with Gasteiger partial charge < -0.3 is 10.2 Å². The maximum absolute atomic E-state index is 11.5. The molecule has 114 valence electrons. The number of nitro benzene ring substituents is 1. The lowest BCUT2D eigenvalue weighted by Crippen LogP contribution is -2.47. The molecule has 1 fully saturated rings. The third-order valence-corrected chi connectivity index (χ3v) is 3.84. The fraction of sp³-hybridized carbons (Fsp3) is 0.533. The van der Waals surface area contributed by atoms with Crippen LogP contribution in [0, 0.1) is 17.0 Å². The molecule has 1 heterocycles. The first-order chi connectivity index (χ1) is 10.0. The number of non-ortho nitro benzene ring substituents is 1. The van der Waals surface area contributed by atoms with Gasteiger partial charge in [-0.25, -0.2) is 0 Å². The molecule has 0 spiro atoms. The molecule has 6 nitrogen and oxygen atoms in total. The Morgan fingerprint density at radius 3 is 2.90 bits per heavy atom. The van der Waals surface area contributed by atoms with E-state index in [9.17, 15) is 14.9 Å². The van der Waals surface area contributed by atoms with Gasteiger partial charge in [-0.3, -0.25) is 14.9 Å². The molecule has 1 aromatic rings. The summed E-state index contributed by atoms with van der Waals surface area (Å²) in [6.45, 7) is 5.40. The molecule has 1 N–H and O–H groups in total. The van der Waals surface area contributed by atoms with Crippen LogP contribution in [-0.4, -0.2) is 30.0 Å². The molecule has 0 aromatic heterocycles. The Morgan fingerprint density at radius 2 is 2.29 bits per heavy atom. The van der Waals surface area contributed by atoms with Crippen molar-refractivity contribution in [1.82, 2.24) is 5.32 Å². The zero-order valence-corrected chi connectivity index (χ0v) is 12.5. The number of hydrogen-bond donors (Lipinski definition) is 1. The number of carbonyl (C=O) groups excluding carboxylic acids is 1. The van der Waals surface area contributed by atoms with Crippen LogP contribution in [0.3, 0.4) is 0 Å². The molecule has 1 aliphatic rings. The van der Waals surface area contributed by atoms with Gasteiger partial charge in [0.05, 0.1) is 4.92 Å². The van der Waals surface area contributed by atoms with E-state index in [0.29, 0.717) is 6.42 Å². The van der Waals surface area contributed by atoms with Crippen LogP contribution in [0.15, 0.2) is 18.2 Å². The molecule has 1 atom stereocenters. The van der Waals surface area contributed by atoms with Crippen molar-refractivity contribution < 1.29 is 9.72 Å². The van der Waals surface area contributed by atoms with Crippen LogP contribution in [0.1, 0.15) is 31.7 Å². The summed E-state index contributed by atoms with van der Waals surface area (Å²) in [6.07, 6.45) is 2.48. The topological polar surface area (TPSA) is 75.5 Å². The van der Waals surface area contributed by atoms with Crippen molar-refractivity contribution in [3.05, 3.63) is 33.9 Å². The number of hydrogen-bond acceptors (Lipinski definition) is 4. The highest BCUT2D eigenvalue weighted by atomic mass is 16.6. The van der Waals surface area contributed by atoms with Crippen molar-refractivity contribution in [3.8, 4) is 0 Å². The molecule has 0 aliphatic carbocycles. The van der Waals surface area contributed by atoms with Gasteiger partial charge in [0.25, 0.3) is 5.69 Å². The molecule has 6 heteroatoms. The van der Waals surface area contributed by atoms with Crippen LogP contribution >= 0.6 is 0 Å². The Balaban J connectivity index is 2.10. The number of anilines is 1. The zero-order valence-electron chi connectivity index (χ0n) is 12.5. The Bertz CT molecular complexity index is 545. The Labute approximate surface area is 124 Å². The van der Waals surface area contributed by atoms with Gasteiger partial charge in [0, 0.05) is 43.4 Å². The van der Waals surface area contributed by atoms with Crippen molar-refractivity contribution in [1.29, 1.82) is 0 Å². The second-order valence-electron chi connectivity index (χ2n) is 5.43. The minimum atomic E-state index is -0.378. The number of benzene rings is 1. The first-order valence-electron chi connectivity index (χ1n) is 7.30. The number of nitro groups is 1. The lowest BCUT2D eigenvalue weighted by atomic mass is 10.0. The van der Waals surface area contributed by atoms with Crippen molar-refractivity contribution >= 4 is 17.3 Å². The fourth-order valence-corrected chi connectivity index (χ4v) is 2.75. The Morgan fingerprint density at radius 1 is 1.52 bits per heavy atom. The van der Waals surface area contributed by atoms with E-state index in [2.05, 4.69) is 10.2 Å². The molecule has 21 heavy (non-hydrogen) atoms. The molecule has 1 aromatic carbocycles. The van der Waals surface area contributed by atoms with E-state index in [-0.39, 0.29) is 22.6 Å². The van der Waals surface area contributed by atoms with E-state index in [0.717, 1.165) is 37.2 Å². The lowest BCUT2D eigenvalue weighted by Gasteiger charge is -2.35. The van der Waals surface area contributed by atoms with Crippen molar-refractivity contribution in [2.45, 2.75) is 39.2 Å². The smallest absolute Gasteiger partial charge is 0.269 e. The highest BCUT2D eigenvalue weighted by Gasteiger charge is 2.22. The monoisotopic (exact) mass is 291 g/mol. The summed E-state index contributed by atoms with van der Waals surface area (Å²) in [5.41, 5.74) is 2.02. The largest absolute Gasteiger partial charge is 0.369 e. The minimum absolute atomic E-state index is 0.0715. The predicted molar refractivity (Wildman–Crippen MR) is 81.5 cm³/mol. The van der Waals surface area contributed by atoms with E-state index in [1.807, 2.05) is 13.8 Å². The minimum Gasteiger partial charge on any atom is -0.369 e. The highest BCUT2D eigenvalue weighted by Crippen LogP contribution is 2.27. The van der Waals surface area contributed by atoms with Gasteiger partial charge in [0.2, 0.25) is 5.91 Å². The first-order valence-corrected chi connectivity index (χ1v) is 7.30. The number of aryl methyl sites for hydroxylation is 1. The van der Waals surface area contributed by atoms with E-state index in [1.165, 1.54) is 6.07 Å². The van der Waals surface area contributed by atoms with Gasteiger partial charge in [-0.2, -0.15) is 0 Å². The third kappa shape index (κ3) is 3.71. The first kappa shape index (κ1) is 15.3. The second kappa shape index (κ2) is 6.56. The number of piperidine rings is 1. The lowest BCUT2D eigenvalue weighted by molar-refractivity contribution is -0.384. The molecular formula is C15H21N3O3. The second-order valence-corrected chi connectivity index (χ2v) is 5.43. The van der Waals surface area contributed by atoms with E-state index < -0.39 is 0 Å². The summed E-state index contributed by atoms with van der Waals surface area (Å²) >= 11 is 0. The van der Waals surface area contributed by atoms with E-state index in [1.54, 1.807) is 12.1 Å². The molecule has 0 saturated carbocycles. The maximum Gasteiger partial charge on any atom is 0.269 e. The molecule has 1 aliphatic heterocycles. The zero-order chi connectivity index (χ0) is 15.4. The third-order valence-electron chi connectivity index (χ3n) is 3.84. The fourth-order valence-electron chi connectivity index (χ4n) is 2.75. The van der Waals surface area contributed by atoms with E-state index >= 15 is 0 Å². The number of amides is 1. The van der Waals surface area contributed by atoms with Crippen molar-refractivity contribution in [2.24, 2.45) is 0 Å². The van der Waals surface area contributed by atoms with Crippen molar-refractivity contribution in [3.63, 3.8) is 0 Å². The molecule has 1 saturated heterocycles. The van der Waals surface area contributed by atoms with Gasteiger partial charge in [0.1, 0.15) is 0 Å². The normalized spacial score (nSPS) is 18.4. The number of rotatable bonds is 4. The highest BCUT2D eigenvalue weighted by molar-refractivity contribution is 5.76. The van der Waals surface area contributed by atoms with Crippen LogP contribution in [0.4, 0.5) is 11.4 Å².